The van der Waals surface area contributed by atoms with Gasteiger partial charge in [0.1, 0.15) is 0 Å². The zero-order valence-corrected chi connectivity index (χ0v) is 16.1. The molecule has 1 atom stereocenters. The van der Waals surface area contributed by atoms with E-state index in [2.05, 4.69) is 15.5 Å². The molecule has 1 aromatic carbocycles. The number of amides is 1. The van der Waals surface area contributed by atoms with Crippen LogP contribution in [0.5, 0.6) is 0 Å². The normalized spacial score (nSPS) is 12.9. The molecular weight excluding hydrogens is 369 g/mol. The van der Waals surface area contributed by atoms with Gasteiger partial charge in [0, 0.05) is 5.41 Å². The van der Waals surface area contributed by atoms with E-state index in [1.165, 1.54) is 16.4 Å². The summed E-state index contributed by atoms with van der Waals surface area (Å²) in [7, 11) is 0. The van der Waals surface area contributed by atoms with E-state index in [4.69, 9.17) is 29.0 Å². The molecule has 1 unspecified atom stereocenters. The highest BCUT2D eigenvalue weighted by Gasteiger charge is 2.25. The topological polar surface area (TPSA) is 85.8 Å². The lowest BCUT2D eigenvalue weighted by Crippen LogP contribution is -2.26. The molecule has 0 aliphatic rings. The quantitative estimate of drug-likeness (QED) is 0.616. The summed E-state index contributed by atoms with van der Waals surface area (Å²) in [5.74, 6) is 6.45. The summed E-state index contributed by atoms with van der Waals surface area (Å²) < 4.78 is 1.42. The first kappa shape index (κ1) is 18.9. The fourth-order valence-electron chi connectivity index (χ4n) is 1.92. The summed E-state index contributed by atoms with van der Waals surface area (Å²) in [6.07, 6.45) is 0. The maximum absolute atomic E-state index is 12.4. The molecule has 1 amide bonds. The van der Waals surface area contributed by atoms with Crippen LogP contribution in [-0.4, -0.2) is 26.0 Å². The number of hydrogen-bond donors (Lipinski definition) is 2. The van der Waals surface area contributed by atoms with Crippen LogP contribution in [0.15, 0.2) is 23.4 Å². The van der Waals surface area contributed by atoms with Crippen LogP contribution >= 0.6 is 35.0 Å². The maximum Gasteiger partial charge on any atom is 0.237 e. The van der Waals surface area contributed by atoms with Crippen molar-refractivity contribution in [1.82, 2.24) is 14.9 Å². The molecule has 0 aliphatic heterocycles. The molecule has 9 heteroatoms. The van der Waals surface area contributed by atoms with E-state index < -0.39 is 5.25 Å². The second-order valence-corrected chi connectivity index (χ2v) is 8.37. The van der Waals surface area contributed by atoms with Crippen molar-refractivity contribution < 1.29 is 4.79 Å². The molecule has 0 saturated carbocycles. The van der Waals surface area contributed by atoms with Crippen LogP contribution < -0.4 is 11.2 Å². The van der Waals surface area contributed by atoms with Gasteiger partial charge in [0.25, 0.3) is 0 Å². The van der Waals surface area contributed by atoms with Crippen molar-refractivity contribution >= 4 is 46.6 Å². The number of aromatic nitrogens is 3. The number of nitrogens with two attached hydrogens (primary N) is 1. The Morgan fingerprint density at radius 2 is 2.00 bits per heavy atom. The van der Waals surface area contributed by atoms with Gasteiger partial charge in [-0.05, 0) is 19.1 Å². The Morgan fingerprint density at radius 1 is 1.33 bits per heavy atom. The third-order valence-corrected chi connectivity index (χ3v) is 5.07. The summed E-state index contributed by atoms with van der Waals surface area (Å²) in [5.41, 5.74) is 0.228. The van der Waals surface area contributed by atoms with Crippen molar-refractivity contribution in [3.8, 4) is 0 Å². The third-order valence-electron chi connectivity index (χ3n) is 3.20. The second kappa shape index (κ2) is 7.21. The molecule has 1 aromatic heterocycles. The molecule has 2 rings (SSSR count). The van der Waals surface area contributed by atoms with Crippen LogP contribution in [0.1, 0.15) is 33.5 Å². The zero-order valence-electron chi connectivity index (χ0n) is 13.8. The molecule has 0 radical (unpaired) electrons. The predicted octanol–water partition coefficient (Wildman–Crippen LogP) is 3.72. The fraction of sp³-hybridized carbons (Fsp3) is 0.400. The van der Waals surface area contributed by atoms with E-state index in [9.17, 15) is 4.79 Å². The van der Waals surface area contributed by atoms with Crippen LogP contribution in [-0.2, 0) is 10.2 Å². The molecule has 3 N–H and O–H groups in total. The fourth-order valence-corrected chi connectivity index (χ4v) is 3.03. The number of halogens is 2. The molecular formula is C15H19Cl2N5OS. The minimum Gasteiger partial charge on any atom is -0.336 e. The number of nitrogen functional groups attached to an aromatic ring is 1. The van der Waals surface area contributed by atoms with Crippen molar-refractivity contribution in [2.45, 2.75) is 43.5 Å². The average Bonchev–Trinajstić information content (AvgIpc) is 2.85. The Bertz CT molecular complexity index is 757. The second-order valence-electron chi connectivity index (χ2n) is 6.28. The van der Waals surface area contributed by atoms with E-state index in [0.29, 0.717) is 26.7 Å². The van der Waals surface area contributed by atoms with Gasteiger partial charge in [-0.3, -0.25) is 4.79 Å². The van der Waals surface area contributed by atoms with Gasteiger partial charge in [-0.2, -0.15) is 0 Å². The smallest absolute Gasteiger partial charge is 0.237 e. The van der Waals surface area contributed by atoms with Gasteiger partial charge in [0.05, 0.1) is 21.0 Å². The van der Waals surface area contributed by atoms with Gasteiger partial charge in [0.15, 0.2) is 5.82 Å². The molecule has 6 nitrogen and oxygen atoms in total. The van der Waals surface area contributed by atoms with Crippen molar-refractivity contribution in [3.05, 3.63) is 34.1 Å². The largest absolute Gasteiger partial charge is 0.336 e. The zero-order chi connectivity index (χ0) is 18.1. The van der Waals surface area contributed by atoms with Crippen molar-refractivity contribution in [2.24, 2.45) is 0 Å². The standard InChI is InChI=1S/C15H19Cl2N5OS/c1-8(12(23)19-10-7-5-6-9(16)11(10)17)24-14-21-20-13(22(14)18)15(2,3)4/h5-8H,18H2,1-4H3,(H,19,23). The summed E-state index contributed by atoms with van der Waals surface area (Å²) in [4.78, 5) is 12.4. The number of benzene rings is 1. The first-order valence-electron chi connectivity index (χ1n) is 7.23. The highest BCUT2D eigenvalue weighted by Crippen LogP contribution is 2.31. The van der Waals surface area contributed by atoms with E-state index >= 15 is 0 Å². The Hall–Kier alpha value is -1.44. The third kappa shape index (κ3) is 4.15. The molecule has 0 saturated heterocycles. The summed E-state index contributed by atoms with van der Waals surface area (Å²) in [6, 6.07) is 5.06. The number of rotatable bonds is 4. The molecule has 1 heterocycles. The summed E-state index contributed by atoms with van der Waals surface area (Å²) >= 11 is 13.2. The molecule has 130 valence electrons. The number of anilines is 1. The minimum absolute atomic E-state index is 0.232. The van der Waals surface area contributed by atoms with E-state index in [-0.39, 0.29) is 11.3 Å². The molecule has 24 heavy (non-hydrogen) atoms. The van der Waals surface area contributed by atoms with Crippen LogP contribution in [0.3, 0.4) is 0 Å². The number of nitrogens with zero attached hydrogens (tertiary/aromatic N) is 3. The van der Waals surface area contributed by atoms with Crippen molar-refractivity contribution in [3.63, 3.8) is 0 Å². The lowest BCUT2D eigenvalue weighted by molar-refractivity contribution is -0.115. The number of thioether (sulfide) groups is 1. The minimum atomic E-state index is -0.445. The maximum atomic E-state index is 12.4. The number of carbonyl (C=O) groups is 1. The molecule has 0 aliphatic carbocycles. The van der Waals surface area contributed by atoms with Gasteiger partial charge < -0.3 is 11.2 Å². The van der Waals surface area contributed by atoms with Crippen LogP contribution in [0.4, 0.5) is 5.69 Å². The van der Waals surface area contributed by atoms with Crippen LogP contribution in [0, 0.1) is 0 Å². The Labute approximate surface area is 155 Å². The van der Waals surface area contributed by atoms with Crippen LogP contribution in [0.2, 0.25) is 10.0 Å². The summed E-state index contributed by atoms with van der Waals surface area (Å²) in [5, 5.41) is 11.6. The first-order valence-corrected chi connectivity index (χ1v) is 8.87. The Balaban J connectivity index is 2.10. The molecule has 0 spiro atoms. The van der Waals surface area contributed by atoms with Gasteiger partial charge in [-0.25, -0.2) is 4.68 Å². The number of carbonyl (C=O) groups excluding carboxylic acids is 1. The van der Waals surface area contributed by atoms with Gasteiger partial charge in [-0.15, -0.1) is 10.2 Å². The number of nitrogens with one attached hydrogen (secondary N) is 1. The van der Waals surface area contributed by atoms with E-state index in [0.717, 1.165) is 0 Å². The molecule has 0 fully saturated rings. The van der Waals surface area contributed by atoms with Gasteiger partial charge in [0.2, 0.25) is 11.1 Å². The SMILES string of the molecule is CC(Sc1nnc(C(C)(C)C)n1N)C(=O)Nc1cccc(Cl)c1Cl. The van der Waals surface area contributed by atoms with Crippen molar-refractivity contribution in [1.29, 1.82) is 0 Å². The van der Waals surface area contributed by atoms with Crippen molar-refractivity contribution in [2.75, 3.05) is 11.2 Å². The van der Waals surface area contributed by atoms with E-state index in [1.54, 1.807) is 25.1 Å². The van der Waals surface area contributed by atoms with Gasteiger partial charge in [-0.1, -0.05) is 61.8 Å². The highest BCUT2D eigenvalue weighted by atomic mass is 35.5. The Morgan fingerprint density at radius 3 is 2.58 bits per heavy atom. The van der Waals surface area contributed by atoms with E-state index in [1.807, 2.05) is 20.8 Å². The monoisotopic (exact) mass is 387 g/mol. The first-order chi connectivity index (χ1) is 11.1. The summed E-state index contributed by atoms with van der Waals surface area (Å²) in [6.45, 7) is 7.73. The Kier molecular flexibility index (Phi) is 5.67. The lowest BCUT2D eigenvalue weighted by atomic mass is 9.96. The molecule has 0 bridgehead atoms. The number of hydrogen-bond acceptors (Lipinski definition) is 5. The van der Waals surface area contributed by atoms with Gasteiger partial charge >= 0.3 is 0 Å². The highest BCUT2D eigenvalue weighted by molar-refractivity contribution is 8.00. The average molecular weight is 388 g/mol. The predicted molar refractivity (Wildman–Crippen MR) is 99.3 cm³/mol. The lowest BCUT2D eigenvalue weighted by Gasteiger charge is -2.17. The van der Waals surface area contributed by atoms with Crippen LogP contribution in [0.25, 0.3) is 0 Å². The molecule has 2 aromatic rings.